The molecule has 1 atom stereocenters. The number of piperidine rings is 1. The van der Waals surface area contributed by atoms with Crippen molar-refractivity contribution >= 4 is 16.5 Å². The van der Waals surface area contributed by atoms with E-state index in [1.165, 1.54) is 17.7 Å². The largest absolute Gasteiger partial charge is 0.378 e. The molecule has 1 unspecified atom stereocenters. The van der Waals surface area contributed by atoms with Gasteiger partial charge in [0.2, 0.25) is 0 Å². The van der Waals surface area contributed by atoms with E-state index < -0.39 is 0 Å². The molecule has 2 aliphatic heterocycles. The van der Waals surface area contributed by atoms with Crippen molar-refractivity contribution in [2.45, 2.75) is 38.8 Å². The molecular weight excluding hydrogens is 324 g/mol. The molecule has 2 saturated heterocycles. The number of thiazole rings is 1. The summed E-state index contributed by atoms with van der Waals surface area (Å²) in [6.45, 7) is 7.50. The summed E-state index contributed by atoms with van der Waals surface area (Å²) in [5, 5.41) is 5.38. The average Bonchev–Trinajstić information content (AvgIpc) is 3.25. The Bertz CT molecular complexity index is 665. The summed E-state index contributed by atoms with van der Waals surface area (Å²) < 4.78 is 10.7. The van der Waals surface area contributed by atoms with Gasteiger partial charge < -0.3 is 14.2 Å². The minimum absolute atomic E-state index is 0.366. The van der Waals surface area contributed by atoms with E-state index in [0.717, 1.165) is 62.4 Å². The van der Waals surface area contributed by atoms with Gasteiger partial charge in [0.25, 0.3) is 0 Å². The first-order valence-corrected chi connectivity index (χ1v) is 9.56. The fourth-order valence-electron chi connectivity index (χ4n) is 3.53. The lowest BCUT2D eigenvalue weighted by atomic mass is 9.99. The van der Waals surface area contributed by atoms with Gasteiger partial charge in [0.1, 0.15) is 11.5 Å². The molecule has 0 aromatic carbocycles. The van der Waals surface area contributed by atoms with Gasteiger partial charge in [-0.05, 0) is 26.3 Å². The van der Waals surface area contributed by atoms with Gasteiger partial charge >= 0.3 is 0 Å². The lowest BCUT2D eigenvalue weighted by molar-refractivity contribution is 0.122. The van der Waals surface area contributed by atoms with Crippen LogP contribution < -0.4 is 4.90 Å². The number of ether oxygens (including phenoxy) is 1. The Kier molecular flexibility index (Phi) is 4.82. The summed E-state index contributed by atoms with van der Waals surface area (Å²) in [7, 11) is 0. The number of morpholine rings is 1. The van der Waals surface area contributed by atoms with E-state index in [1.54, 1.807) is 0 Å². The number of likely N-dealkylation sites (tertiary alicyclic amines) is 1. The normalized spacial score (nSPS) is 22.9. The van der Waals surface area contributed by atoms with Crippen molar-refractivity contribution in [2.75, 3.05) is 37.7 Å². The van der Waals surface area contributed by atoms with Crippen LogP contribution in [0.25, 0.3) is 0 Å². The summed E-state index contributed by atoms with van der Waals surface area (Å²) in [5.41, 5.74) is 1.07. The monoisotopic (exact) mass is 348 g/mol. The van der Waals surface area contributed by atoms with Crippen LogP contribution in [0.4, 0.5) is 5.13 Å². The van der Waals surface area contributed by atoms with E-state index in [2.05, 4.69) is 26.0 Å². The van der Waals surface area contributed by atoms with Crippen LogP contribution in [0.15, 0.2) is 16.8 Å². The van der Waals surface area contributed by atoms with Crippen molar-refractivity contribution in [1.29, 1.82) is 0 Å². The molecule has 4 heterocycles. The lowest BCUT2D eigenvalue weighted by Gasteiger charge is -2.34. The molecule has 2 aliphatic rings. The number of rotatable bonds is 4. The number of aromatic nitrogens is 2. The van der Waals surface area contributed by atoms with Crippen molar-refractivity contribution in [3.05, 3.63) is 28.6 Å². The molecule has 2 fully saturated rings. The van der Waals surface area contributed by atoms with E-state index in [9.17, 15) is 0 Å². The zero-order valence-corrected chi connectivity index (χ0v) is 14.9. The van der Waals surface area contributed by atoms with Crippen LogP contribution in [0.3, 0.4) is 0 Å². The predicted molar refractivity (Wildman–Crippen MR) is 93.4 cm³/mol. The number of hydrogen-bond acceptors (Lipinski definition) is 7. The molecule has 0 bridgehead atoms. The molecule has 2 aromatic heterocycles. The zero-order valence-electron chi connectivity index (χ0n) is 14.1. The van der Waals surface area contributed by atoms with Crippen LogP contribution in [-0.2, 0) is 11.3 Å². The van der Waals surface area contributed by atoms with Crippen molar-refractivity contribution in [2.24, 2.45) is 0 Å². The van der Waals surface area contributed by atoms with Crippen molar-refractivity contribution in [1.82, 2.24) is 15.0 Å². The molecule has 6 nitrogen and oxygen atoms in total. The predicted octanol–water partition coefficient (Wildman–Crippen LogP) is 3.00. The van der Waals surface area contributed by atoms with Crippen molar-refractivity contribution < 1.29 is 9.26 Å². The minimum Gasteiger partial charge on any atom is -0.378 e. The Hall–Kier alpha value is -1.44. The van der Waals surface area contributed by atoms with Gasteiger partial charge in [-0.3, -0.25) is 4.90 Å². The quantitative estimate of drug-likeness (QED) is 0.847. The first-order chi connectivity index (χ1) is 11.8. The second-order valence-electron chi connectivity index (χ2n) is 6.55. The standard InChI is InChI=1S/C17H24N4O2S/c1-13-10-15(19-23-13)16-4-2-3-5-21(16)12-14-11-18-17(24-14)20-6-8-22-9-7-20/h10-11,16H,2-9,12H2,1H3. The Morgan fingerprint density at radius 3 is 2.92 bits per heavy atom. The maximum absolute atomic E-state index is 5.43. The molecule has 4 rings (SSSR count). The number of aryl methyl sites for hydroxylation is 1. The molecule has 2 aromatic rings. The highest BCUT2D eigenvalue weighted by Crippen LogP contribution is 2.33. The number of anilines is 1. The molecule has 0 amide bonds. The van der Waals surface area contributed by atoms with E-state index in [-0.39, 0.29) is 0 Å². The van der Waals surface area contributed by atoms with Gasteiger partial charge in [0.15, 0.2) is 5.13 Å². The van der Waals surface area contributed by atoms with Crippen LogP contribution in [0, 0.1) is 6.92 Å². The summed E-state index contributed by atoms with van der Waals surface area (Å²) >= 11 is 1.81. The van der Waals surface area contributed by atoms with Gasteiger partial charge in [-0.15, -0.1) is 11.3 Å². The SMILES string of the molecule is Cc1cc(C2CCCCN2Cc2cnc(N3CCOCC3)s2)no1. The maximum atomic E-state index is 5.43. The third kappa shape index (κ3) is 3.48. The summed E-state index contributed by atoms with van der Waals surface area (Å²) in [4.78, 5) is 10.8. The zero-order chi connectivity index (χ0) is 16.4. The first kappa shape index (κ1) is 16.1. The molecule has 0 spiro atoms. The lowest BCUT2D eigenvalue weighted by Crippen LogP contribution is -2.36. The average molecular weight is 348 g/mol. The van der Waals surface area contributed by atoms with Crippen LogP contribution in [-0.4, -0.2) is 47.9 Å². The van der Waals surface area contributed by atoms with Gasteiger partial charge in [0, 0.05) is 36.8 Å². The molecule has 0 radical (unpaired) electrons. The minimum atomic E-state index is 0.366. The second kappa shape index (κ2) is 7.21. The van der Waals surface area contributed by atoms with Crippen molar-refractivity contribution in [3.8, 4) is 0 Å². The summed E-state index contributed by atoms with van der Waals surface area (Å²) in [5.74, 6) is 0.892. The van der Waals surface area contributed by atoms with E-state index >= 15 is 0 Å². The number of nitrogens with zero attached hydrogens (tertiary/aromatic N) is 4. The van der Waals surface area contributed by atoms with Gasteiger partial charge in [0.05, 0.1) is 19.3 Å². The molecule has 0 N–H and O–H groups in total. The summed E-state index contributed by atoms with van der Waals surface area (Å²) in [6.07, 6.45) is 5.70. The van der Waals surface area contributed by atoms with Crippen LogP contribution in [0.5, 0.6) is 0 Å². The molecule has 130 valence electrons. The van der Waals surface area contributed by atoms with Gasteiger partial charge in [-0.2, -0.15) is 0 Å². The van der Waals surface area contributed by atoms with Gasteiger partial charge in [-0.1, -0.05) is 11.6 Å². The molecule has 0 saturated carbocycles. The Morgan fingerprint density at radius 1 is 1.25 bits per heavy atom. The molecule has 0 aliphatic carbocycles. The van der Waals surface area contributed by atoms with Gasteiger partial charge in [-0.25, -0.2) is 4.98 Å². The molecule has 24 heavy (non-hydrogen) atoms. The first-order valence-electron chi connectivity index (χ1n) is 8.74. The maximum Gasteiger partial charge on any atom is 0.185 e. The Labute approximate surface area is 146 Å². The van der Waals surface area contributed by atoms with Crippen LogP contribution in [0.1, 0.15) is 41.6 Å². The number of hydrogen-bond donors (Lipinski definition) is 0. The van der Waals surface area contributed by atoms with Crippen LogP contribution >= 0.6 is 11.3 Å². The third-order valence-corrected chi connectivity index (χ3v) is 5.83. The summed E-state index contributed by atoms with van der Waals surface area (Å²) in [6, 6.07) is 2.44. The van der Waals surface area contributed by atoms with E-state index in [1.807, 2.05) is 24.5 Å². The second-order valence-corrected chi connectivity index (χ2v) is 7.65. The highest BCUT2D eigenvalue weighted by molar-refractivity contribution is 7.15. The topological polar surface area (TPSA) is 54.6 Å². The molecule has 7 heteroatoms. The highest BCUT2D eigenvalue weighted by atomic mass is 32.1. The van der Waals surface area contributed by atoms with E-state index in [4.69, 9.17) is 9.26 Å². The highest BCUT2D eigenvalue weighted by Gasteiger charge is 2.27. The Morgan fingerprint density at radius 2 is 2.12 bits per heavy atom. The third-order valence-electron chi connectivity index (χ3n) is 4.78. The smallest absolute Gasteiger partial charge is 0.185 e. The fourth-order valence-corrected chi connectivity index (χ4v) is 4.52. The van der Waals surface area contributed by atoms with Crippen molar-refractivity contribution in [3.63, 3.8) is 0 Å². The Balaban J connectivity index is 1.45. The molecular formula is C17H24N4O2S. The van der Waals surface area contributed by atoms with E-state index in [0.29, 0.717) is 6.04 Å². The van der Waals surface area contributed by atoms with Crippen LogP contribution in [0.2, 0.25) is 0 Å². The fraction of sp³-hybridized carbons (Fsp3) is 0.647.